The molecular weight excluding hydrogens is 363 g/mol. The molecule has 0 fully saturated rings. The van der Waals surface area contributed by atoms with Gasteiger partial charge in [0.1, 0.15) is 11.9 Å². The van der Waals surface area contributed by atoms with E-state index >= 15 is 0 Å². The van der Waals surface area contributed by atoms with E-state index in [-0.39, 0.29) is 48.8 Å². The molecule has 2 heterocycles. The molecule has 0 aliphatic carbocycles. The zero-order chi connectivity index (χ0) is 17.8. The van der Waals surface area contributed by atoms with E-state index in [0.717, 1.165) is 12.1 Å². The van der Waals surface area contributed by atoms with Crippen LogP contribution in [0.15, 0.2) is 16.7 Å². The van der Waals surface area contributed by atoms with Gasteiger partial charge in [-0.1, -0.05) is 11.2 Å². The molecule has 7 nitrogen and oxygen atoms in total. The van der Waals surface area contributed by atoms with Gasteiger partial charge in [-0.05, 0) is 37.1 Å². The number of rotatable bonds is 6. The Balaban J connectivity index is 0.00000243. The van der Waals surface area contributed by atoms with Gasteiger partial charge in [-0.25, -0.2) is 4.39 Å². The molecule has 0 bridgehead atoms. The third-order valence-corrected chi connectivity index (χ3v) is 4.25. The second-order valence-corrected chi connectivity index (χ2v) is 5.96. The second kappa shape index (κ2) is 9.07. The fraction of sp³-hybridized carbons (Fsp3) is 0.471. The average molecular weight is 385 g/mol. The zero-order valence-electron chi connectivity index (χ0n) is 14.7. The summed E-state index contributed by atoms with van der Waals surface area (Å²) in [5.41, 5.74) is 1.82. The van der Waals surface area contributed by atoms with Crippen LogP contribution in [0.2, 0.25) is 0 Å². The molecule has 0 saturated carbocycles. The predicted octanol–water partition coefficient (Wildman–Crippen LogP) is 2.55. The highest BCUT2D eigenvalue weighted by Gasteiger charge is 2.18. The molecule has 9 heteroatoms. The van der Waals surface area contributed by atoms with E-state index in [0.29, 0.717) is 30.2 Å². The fourth-order valence-electron chi connectivity index (χ4n) is 2.70. The molecule has 1 amide bonds. The number of amides is 1. The first-order chi connectivity index (χ1) is 12.1. The number of halogens is 2. The van der Waals surface area contributed by atoms with Gasteiger partial charge in [0.05, 0.1) is 5.69 Å². The maximum atomic E-state index is 14.5. The van der Waals surface area contributed by atoms with E-state index in [1.54, 1.807) is 20.1 Å². The number of hydrogen-bond acceptors (Lipinski definition) is 6. The summed E-state index contributed by atoms with van der Waals surface area (Å²) in [6.07, 6.45) is 0.755. The smallest absolute Gasteiger partial charge is 0.227 e. The standard InChI is InChI=1S/C17H21FN4O3.ClH/c1-10(24-2)17-21-15(25-22-17)6-5-14(23)20-13-4-3-11-9-19-8-7-12(11)16(13)18;/h3-4,10,19H,5-9H2,1-2H3,(H,20,23);1H. The van der Waals surface area contributed by atoms with Crippen LogP contribution in [0.5, 0.6) is 0 Å². The highest BCUT2D eigenvalue weighted by molar-refractivity contribution is 5.91. The molecule has 3 rings (SSSR count). The first-order valence-electron chi connectivity index (χ1n) is 8.24. The number of nitrogens with zero attached hydrogens (tertiary/aromatic N) is 2. The maximum absolute atomic E-state index is 14.5. The van der Waals surface area contributed by atoms with Gasteiger partial charge in [0.25, 0.3) is 0 Å². The molecule has 1 atom stereocenters. The third kappa shape index (κ3) is 4.57. The highest BCUT2D eigenvalue weighted by atomic mass is 35.5. The summed E-state index contributed by atoms with van der Waals surface area (Å²) in [6, 6.07) is 3.45. The molecule has 26 heavy (non-hydrogen) atoms. The Morgan fingerprint density at radius 2 is 2.31 bits per heavy atom. The minimum absolute atomic E-state index is 0. The van der Waals surface area contributed by atoms with Crippen molar-refractivity contribution in [2.75, 3.05) is 19.0 Å². The Morgan fingerprint density at radius 1 is 1.50 bits per heavy atom. The minimum atomic E-state index is -0.346. The SMILES string of the molecule is COC(C)c1noc(CCC(=O)Nc2ccc3c(c2F)CCNC3)n1.Cl. The number of hydrogen-bond donors (Lipinski definition) is 2. The number of benzene rings is 1. The molecule has 0 spiro atoms. The predicted molar refractivity (Wildman–Crippen MR) is 95.7 cm³/mol. The van der Waals surface area contributed by atoms with E-state index in [1.807, 2.05) is 6.07 Å². The van der Waals surface area contributed by atoms with Gasteiger partial charge in [-0.2, -0.15) is 4.98 Å². The van der Waals surface area contributed by atoms with Crippen LogP contribution in [0.4, 0.5) is 10.1 Å². The van der Waals surface area contributed by atoms with Crippen molar-refractivity contribution in [3.8, 4) is 0 Å². The topological polar surface area (TPSA) is 89.3 Å². The van der Waals surface area contributed by atoms with Crippen molar-refractivity contribution in [2.45, 2.75) is 38.8 Å². The van der Waals surface area contributed by atoms with Crippen molar-refractivity contribution >= 4 is 24.0 Å². The van der Waals surface area contributed by atoms with E-state index in [2.05, 4.69) is 20.8 Å². The Hall–Kier alpha value is -2.03. The summed E-state index contributed by atoms with van der Waals surface area (Å²) in [5, 5.41) is 9.62. The average Bonchev–Trinajstić information content (AvgIpc) is 3.11. The molecular formula is C17H22ClFN4O3. The van der Waals surface area contributed by atoms with Crippen LogP contribution >= 0.6 is 12.4 Å². The van der Waals surface area contributed by atoms with E-state index in [4.69, 9.17) is 9.26 Å². The summed E-state index contributed by atoms with van der Waals surface area (Å²) >= 11 is 0. The lowest BCUT2D eigenvalue weighted by atomic mass is 9.99. The van der Waals surface area contributed by atoms with Crippen LogP contribution in [0.3, 0.4) is 0 Å². The fourth-order valence-corrected chi connectivity index (χ4v) is 2.70. The van der Waals surface area contributed by atoms with Crippen LogP contribution in [0.1, 0.15) is 42.3 Å². The highest BCUT2D eigenvalue weighted by Crippen LogP contribution is 2.24. The first-order valence-corrected chi connectivity index (χ1v) is 8.24. The number of methoxy groups -OCH3 is 1. The van der Waals surface area contributed by atoms with Gasteiger partial charge in [-0.15, -0.1) is 12.4 Å². The largest absolute Gasteiger partial charge is 0.374 e. The second-order valence-electron chi connectivity index (χ2n) is 5.96. The lowest BCUT2D eigenvalue weighted by Crippen LogP contribution is -2.25. The number of carbonyl (C=O) groups excluding carboxylic acids is 1. The molecule has 1 unspecified atom stereocenters. The molecule has 2 aromatic rings. The zero-order valence-corrected chi connectivity index (χ0v) is 15.5. The third-order valence-electron chi connectivity index (χ3n) is 4.25. The Kier molecular flexibility index (Phi) is 7.07. The quantitative estimate of drug-likeness (QED) is 0.795. The van der Waals surface area contributed by atoms with Gasteiger partial charge in [-0.3, -0.25) is 4.79 Å². The number of nitrogens with one attached hydrogen (secondary N) is 2. The summed E-state index contributed by atoms with van der Waals surface area (Å²) < 4.78 is 24.7. The number of fused-ring (bicyclic) bond motifs is 1. The van der Waals surface area contributed by atoms with Gasteiger partial charge in [0, 0.05) is 26.5 Å². The lowest BCUT2D eigenvalue weighted by Gasteiger charge is -2.19. The van der Waals surface area contributed by atoms with Crippen molar-refractivity contribution < 1.29 is 18.4 Å². The minimum Gasteiger partial charge on any atom is -0.374 e. The van der Waals surface area contributed by atoms with Crippen LogP contribution in [0, 0.1) is 5.82 Å². The summed E-state index contributed by atoms with van der Waals surface area (Å²) in [7, 11) is 1.55. The normalized spacial score (nSPS) is 14.3. The van der Waals surface area contributed by atoms with Gasteiger partial charge >= 0.3 is 0 Å². The van der Waals surface area contributed by atoms with Gasteiger partial charge < -0.3 is 19.9 Å². The molecule has 2 N–H and O–H groups in total. The molecule has 0 saturated heterocycles. The molecule has 1 aliphatic heterocycles. The van der Waals surface area contributed by atoms with E-state index in [9.17, 15) is 9.18 Å². The molecule has 142 valence electrons. The van der Waals surface area contributed by atoms with Crippen molar-refractivity contribution in [2.24, 2.45) is 0 Å². The summed E-state index contributed by atoms with van der Waals surface area (Å²) in [5.74, 6) is 0.145. The monoisotopic (exact) mass is 384 g/mol. The van der Waals surface area contributed by atoms with Crippen molar-refractivity contribution in [1.82, 2.24) is 15.5 Å². The molecule has 1 aromatic heterocycles. The van der Waals surface area contributed by atoms with Crippen LogP contribution in [-0.4, -0.2) is 29.7 Å². The molecule has 1 aliphatic rings. The number of anilines is 1. The van der Waals surface area contributed by atoms with E-state index in [1.165, 1.54) is 0 Å². The van der Waals surface area contributed by atoms with Crippen LogP contribution < -0.4 is 10.6 Å². The first kappa shape index (κ1) is 20.3. The Bertz CT molecular complexity index is 768. The lowest BCUT2D eigenvalue weighted by molar-refractivity contribution is -0.116. The summed E-state index contributed by atoms with van der Waals surface area (Å²) in [6.45, 7) is 3.19. The maximum Gasteiger partial charge on any atom is 0.227 e. The van der Waals surface area contributed by atoms with Gasteiger partial charge in [0.2, 0.25) is 11.8 Å². The number of ether oxygens (including phenoxy) is 1. The Labute approximate surface area is 157 Å². The molecule has 1 aromatic carbocycles. The van der Waals surface area contributed by atoms with Crippen LogP contribution in [-0.2, 0) is 28.9 Å². The van der Waals surface area contributed by atoms with Crippen molar-refractivity contribution in [3.05, 3.63) is 40.8 Å². The van der Waals surface area contributed by atoms with E-state index < -0.39 is 0 Å². The Morgan fingerprint density at radius 3 is 3.08 bits per heavy atom. The van der Waals surface area contributed by atoms with Crippen LogP contribution in [0.25, 0.3) is 0 Å². The number of aryl methyl sites for hydroxylation is 1. The molecule has 0 radical (unpaired) electrons. The number of carbonyl (C=O) groups is 1. The summed E-state index contributed by atoms with van der Waals surface area (Å²) in [4.78, 5) is 16.3. The van der Waals surface area contributed by atoms with Crippen molar-refractivity contribution in [1.29, 1.82) is 0 Å². The van der Waals surface area contributed by atoms with Gasteiger partial charge in [0.15, 0.2) is 5.82 Å². The van der Waals surface area contributed by atoms with Crippen molar-refractivity contribution in [3.63, 3.8) is 0 Å². The number of aromatic nitrogens is 2.